The number of rotatable bonds is 10. The maximum Gasteiger partial charge on any atom is 0.120 e. The van der Waals surface area contributed by atoms with E-state index in [9.17, 15) is 5.11 Å². The van der Waals surface area contributed by atoms with E-state index in [1.165, 1.54) is 5.56 Å². The highest BCUT2D eigenvalue weighted by molar-refractivity contribution is 6.32. The normalized spacial score (nSPS) is 18.5. The second kappa shape index (κ2) is 11.5. The Morgan fingerprint density at radius 3 is 2.46 bits per heavy atom. The molecule has 7 heteroatoms. The molecule has 2 heterocycles. The molecule has 0 unspecified atom stereocenters. The third kappa shape index (κ3) is 7.23. The molecule has 1 aromatic heterocycles. The number of hydrogen-bond acceptors (Lipinski definition) is 5. The van der Waals surface area contributed by atoms with Gasteiger partial charge in [-0.25, -0.2) is 0 Å². The van der Waals surface area contributed by atoms with Crippen molar-refractivity contribution in [2.24, 2.45) is 0 Å². The van der Waals surface area contributed by atoms with Gasteiger partial charge in [0.2, 0.25) is 0 Å². The summed E-state index contributed by atoms with van der Waals surface area (Å²) >= 11 is 6.26. The van der Waals surface area contributed by atoms with E-state index >= 15 is 0 Å². The van der Waals surface area contributed by atoms with Crippen molar-refractivity contribution in [3.05, 3.63) is 76.1 Å². The Hall–Kier alpha value is -2.54. The molecule has 0 spiro atoms. The molecule has 188 valence electrons. The van der Waals surface area contributed by atoms with Crippen LogP contribution in [-0.2, 0) is 13.1 Å². The average Bonchev–Trinajstić information content (AvgIpc) is 3.25. The number of β-amino-alcohol motifs (C(OH)–C–C–N with tert-alkyl or cyclic N) is 1. The van der Waals surface area contributed by atoms with Gasteiger partial charge >= 0.3 is 0 Å². The Labute approximate surface area is 213 Å². The molecule has 1 aliphatic heterocycles. The number of likely N-dealkylation sites (tertiary alicyclic amines) is 1. The van der Waals surface area contributed by atoms with E-state index in [0.29, 0.717) is 13.2 Å². The van der Waals surface area contributed by atoms with Crippen LogP contribution in [0.2, 0.25) is 5.02 Å². The summed E-state index contributed by atoms with van der Waals surface area (Å²) in [5, 5.41) is 16.4. The SMILES string of the molecule is Cc1ccn(CCCOc2ccc(CN3CCC[C@@](O)(COc4cc(C)c(Cl)c(C)c4)C3)cc2)n1. The molecule has 3 aromatic rings. The van der Waals surface area contributed by atoms with Gasteiger partial charge in [-0.1, -0.05) is 23.7 Å². The van der Waals surface area contributed by atoms with Crippen LogP contribution in [0.25, 0.3) is 0 Å². The highest BCUT2D eigenvalue weighted by Crippen LogP contribution is 2.28. The molecule has 0 radical (unpaired) electrons. The van der Waals surface area contributed by atoms with Crippen molar-refractivity contribution < 1.29 is 14.6 Å². The molecule has 0 amide bonds. The Morgan fingerprint density at radius 1 is 1.03 bits per heavy atom. The maximum absolute atomic E-state index is 11.2. The van der Waals surface area contributed by atoms with Gasteiger partial charge in [0.25, 0.3) is 0 Å². The van der Waals surface area contributed by atoms with Gasteiger partial charge in [0.05, 0.1) is 12.3 Å². The van der Waals surface area contributed by atoms with Gasteiger partial charge in [-0.3, -0.25) is 9.58 Å². The van der Waals surface area contributed by atoms with Crippen LogP contribution in [0, 0.1) is 20.8 Å². The van der Waals surface area contributed by atoms with Gasteiger partial charge in [-0.15, -0.1) is 0 Å². The molecule has 2 aromatic carbocycles. The summed E-state index contributed by atoms with van der Waals surface area (Å²) < 4.78 is 13.8. The molecule has 0 bridgehead atoms. The second-order valence-corrected chi connectivity index (χ2v) is 10.1. The van der Waals surface area contributed by atoms with Gasteiger partial charge in [0, 0.05) is 37.3 Å². The lowest BCUT2D eigenvalue weighted by atomic mass is 9.93. The quantitative estimate of drug-likeness (QED) is 0.383. The maximum atomic E-state index is 11.2. The van der Waals surface area contributed by atoms with Crippen LogP contribution in [0.5, 0.6) is 11.5 Å². The zero-order valence-corrected chi connectivity index (χ0v) is 21.7. The average molecular weight is 498 g/mol. The van der Waals surface area contributed by atoms with Crippen molar-refractivity contribution in [1.82, 2.24) is 14.7 Å². The molecular weight excluding hydrogens is 462 g/mol. The molecule has 6 nitrogen and oxygen atoms in total. The van der Waals surface area contributed by atoms with Crippen LogP contribution >= 0.6 is 11.6 Å². The Morgan fingerprint density at radius 2 is 1.77 bits per heavy atom. The number of hydrogen-bond donors (Lipinski definition) is 1. The number of nitrogens with zero attached hydrogens (tertiary/aromatic N) is 3. The van der Waals surface area contributed by atoms with Crippen molar-refractivity contribution in [1.29, 1.82) is 0 Å². The van der Waals surface area contributed by atoms with Crippen LogP contribution in [0.3, 0.4) is 0 Å². The first kappa shape index (κ1) is 25.5. The number of halogens is 1. The second-order valence-electron chi connectivity index (χ2n) is 9.76. The lowest BCUT2D eigenvalue weighted by molar-refractivity contribution is -0.0621. The fourth-order valence-corrected chi connectivity index (χ4v) is 4.73. The number of piperidine rings is 1. The fourth-order valence-electron chi connectivity index (χ4n) is 4.62. The van der Waals surface area contributed by atoms with Gasteiger partial charge in [0.15, 0.2) is 0 Å². The van der Waals surface area contributed by atoms with E-state index in [4.69, 9.17) is 21.1 Å². The highest BCUT2D eigenvalue weighted by Gasteiger charge is 2.34. The van der Waals surface area contributed by atoms with E-state index in [1.54, 1.807) is 0 Å². The smallest absolute Gasteiger partial charge is 0.120 e. The molecule has 0 saturated carbocycles. The molecule has 1 N–H and O–H groups in total. The summed E-state index contributed by atoms with van der Waals surface area (Å²) in [6.45, 7) is 10.1. The number of aromatic nitrogens is 2. The van der Waals surface area contributed by atoms with Crippen LogP contribution in [0.4, 0.5) is 0 Å². The lowest BCUT2D eigenvalue weighted by Crippen LogP contribution is -2.51. The lowest BCUT2D eigenvalue weighted by Gasteiger charge is -2.39. The molecule has 35 heavy (non-hydrogen) atoms. The first-order valence-electron chi connectivity index (χ1n) is 12.4. The van der Waals surface area contributed by atoms with Crippen molar-refractivity contribution in [3.8, 4) is 11.5 Å². The molecule has 4 rings (SSSR count). The van der Waals surface area contributed by atoms with E-state index in [0.717, 1.165) is 72.2 Å². The summed E-state index contributed by atoms with van der Waals surface area (Å²) in [7, 11) is 0. The summed E-state index contributed by atoms with van der Waals surface area (Å²) in [6, 6.07) is 14.1. The standard InChI is InChI=1S/C28H36ClN3O3/c1-21-16-26(17-22(2)27(21)29)35-20-28(33)11-4-12-31(19-28)18-24-6-8-25(9-7-24)34-15-5-13-32-14-10-23(3)30-32/h6-10,14,16-17,33H,4-5,11-13,15,18-20H2,1-3H3/t28-/m0/s1. The first-order valence-corrected chi connectivity index (χ1v) is 12.7. The van der Waals surface area contributed by atoms with Crippen molar-refractivity contribution in [3.63, 3.8) is 0 Å². The summed E-state index contributed by atoms with van der Waals surface area (Å²) in [5.74, 6) is 1.63. The highest BCUT2D eigenvalue weighted by atomic mass is 35.5. The van der Waals surface area contributed by atoms with E-state index < -0.39 is 5.60 Å². The zero-order valence-electron chi connectivity index (χ0n) is 21.0. The summed E-state index contributed by atoms with van der Waals surface area (Å²) in [6.07, 6.45) is 4.58. The van der Waals surface area contributed by atoms with Crippen LogP contribution < -0.4 is 9.47 Å². The van der Waals surface area contributed by atoms with E-state index in [-0.39, 0.29) is 6.61 Å². The topological polar surface area (TPSA) is 59.8 Å². The first-order chi connectivity index (χ1) is 16.8. The third-order valence-corrected chi connectivity index (χ3v) is 7.05. The van der Waals surface area contributed by atoms with Gasteiger partial charge in [-0.2, -0.15) is 5.10 Å². The largest absolute Gasteiger partial charge is 0.494 e. The van der Waals surface area contributed by atoms with Gasteiger partial charge < -0.3 is 14.6 Å². The van der Waals surface area contributed by atoms with Crippen molar-refractivity contribution in [2.45, 2.75) is 58.7 Å². The molecule has 0 aliphatic carbocycles. The Balaban J connectivity index is 1.23. The minimum atomic E-state index is -0.865. The van der Waals surface area contributed by atoms with E-state index in [1.807, 2.05) is 62.0 Å². The molecule has 1 atom stereocenters. The molecule has 1 fully saturated rings. The monoisotopic (exact) mass is 497 g/mol. The van der Waals surface area contributed by atoms with Crippen LogP contribution in [-0.4, -0.2) is 51.7 Å². The molecule has 1 saturated heterocycles. The molecule has 1 aliphatic rings. The summed E-state index contributed by atoms with van der Waals surface area (Å²) in [5.41, 5.74) is 3.35. The molecular formula is C28H36ClN3O3. The third-order valence-electron chi connectivity index (χ3n) is 6.46. The predicted molar refractivity (Wildman–Crippen MR) is 139 cm³/mol. The number of aliphatic hydroxyl groups is 1. The van der Waals surface area contributed by atoms with Crippen LogP contribution in [0.1, 0.15) is 41.6 Å². The van der Waals surface area contributed by atoms with E-state index in [2.05, 4.69) is 22.1 Å². The van der Waals surface area contributed by atoms with Gasteiger partial charge in [0.1, 0.15) is 23.7 Å². The van der Waals surface area contributed by atoms with Crippen molar-refractivity contribution >= 4 is 11.6 Å². The fraction of sp³-hybridized carbons (Fsp3) is 0.464. The van der Waals surface area contributed by atoms with Crippen LogP contribution in [0.15, 0.2) is 48.7 Å². The zero-order chi connectivity index (χ0) is 24.8. The number of ether oxygens (including phenoxy) is 2. The minimum absolute atomic E-state index is 0.273. The Bertz CT molecular complexity index is 1090. The number of aryl methyl sites for hydroxylation is 4. The van der Waals surface area contributed by atoms with Gasteiger partial charge in [-0.05, 0) is 87.2 Å². The minimum Gasteiger partial charge on any atom is -0.494 e. The summed E-state index contributed by atoms with van der Waals surface area (Å²) in [4.78, 5) is 2.30. The number of benzene rings is 2. The predicted octanol–water partition coefficient (Wildman–Crippen LogP) is 5.34. The Kier molecular flexibility index (Phi) is 8.37. The van der Waals surface area contributed by atoms with Crippen molar-refractivity contribution in [2.75, 3.05) is 26.3 Å².